The molecule has 0 aliphatic rings. The van der Waals surface area contributed by atoms with Crippen LogP contribution in [0.1, 0.15) is 20.8 Å². The number of likely N-dealkylation sites (N-methyl/N-ethyl adjacent to an activating group) is 1. The van der Waals surface area contributed by atoms with Gasteiger partial charge in [-0.05, 0) is 20.4 Å². The molecule has 3 N–H and O–H groups in total. The van der Waals surface area contributed by atoms with E-state index in [1.165, 1.54) is 0 Å². The minimum absolute atomic E-state index is 0.259. The maximum atomic E-state index is 5.56. The molecule has 0 bridgehead atoms. The number of hydrogen-bond donors (Lipinski definition) is 2. The average Bonchev–Trinajstić information content (AvgIpc) is 1.67. The molecule has 0 aromatic carbocycles. The largest absolute Gasteiger partial charge is 0.327 e. The van der Waals surface area contributed by atoms with Gasteiger partial charge < -0.3 is 11.1 Å². The van der Waals surface area contributed by atoms with Crippen LogP contribution < -0.4 is 11.1 Å². The van der Waals surface area contributed by atoms with Gasteiger partial charge in [0.1, 0.15) is 0 Å². The fourth-order valence-electron chi connectivity index (χ4n) is 0.508. The fourth-order valence-corrected chi connectivity index (χ4v) is 0.508. The molecule has 50 valence electrons. The minimum atomic E-state index is 0.259. The Hall–Kier alpha value is -0.0800. The van der Waals surface area contributed by atoms with Crippen LogP contribution in [0.3, 0.4) is 0 Å². The zero-order valence-corrected chi connectivity index (χ0v) is 5.94. The highest BCUT2D eigenvalue weighted by Gasteiger charge is 2.02. The Morgan fingerprint density at radius 2 is 2.00 bits per heavy atom. The summed E-state index contributed by atoms with van der Waals surface area (Å²) in [6.45, 7) is 7.18. The smallest absolute Gasteiger partial charge is 0.0187 e. The van der Waals surface area contributed by atoms with Crippen molar-refractivity contribution < 1.29 is 0 Å². The first-order chi connectivity index (χ1) is 3.68. The van der Waals surface area contributed by atoms with Crippen molar-refractivity contribution in [2.24, 2.45) is 5.73 Å². The highest BCUT2D eigenvalue weighted by atomic mass is 14.9. The Morgan fingerprint density at radius 3 is 2.12 bits per heavy atom. The molecule has 0 spiro atoms. The molecule has 0 heterocycles. The van der Waals surface area contributed by atoms with Crippen molar-refractivity contribution in [3.05, 3.63) is 0 Å². The summed E-state index contributed by atoms with van der Waals surface area (Å²) in [5.41, 5.74) is 5.56. The Labute approximate surface area is 51.5 Å². The van der Waals surface area contributed by atoms with E-state index in [9.17, 15) is 0 Å². The van der Waals surface area contributed by atoms with Crippen molar-refractivity contribution in [1.82, 2.24) is 5.32 Å². The molecule has 0 saturated carbocycles. The molecule has 2 atom stereocenters. The van der Waals surface area contributed by atoms with E-state index in [1.54, 1.807) is 0 Å². The summed E-state index contributed by atoms with van der Waals surface area (Å²) in [6.07, 6.45) is 0. The van der Waals surface area contributed by atoms with Crippen molar-refractivity contribution in [3.63, 3.8) is 0 Å². The third-order valence-electron chi connectivity index (χ3n) is 1.31. The maximum absolute atomic E-state index is 5.56. The number of nitrogens with one attached hydrogen (secondary N) is 1. The zero-order valence-electron chi connectivity index (χ0n) is 5.94. The molecule has 0 unspecified atom stereocenters. The maximum Gasteiger partial charge on any atom is 0.0187 e. The molecule has 0 aromatic heterocycles. The van der Waals surface area contributed by atoms with E-state index in [4.69, 9.17) is 5.73 Å². The first-order valence-electron chi connectivity index (χ1n) is 3.17. The fraction of sp³-hybridized carbons (Fsp3) is 1.00. The summed E-state index contributed by atoms with van der Waals surface area (Å²) in [5.74, 6) is 0. The molecular weight excluding hydrogens is 100 g/mol. The molecule has 0 amide bonds. The second kappa shape index (κ2) is 3.87. The van der Waals surface area contributed by atoms with Crippen LogP contribution in [-0.2, 0) is 0 Å². The third-order valence-corrected chi connectivity index (χ3v) is 1.31. The average molecular weight is 116 g/mol. The van der Waals surface area contributed by atoms with Gasteiger partial charge in [-0.2, -0.15) is 0 Å². The highest BCUT2D eigenvalue weighted by Crippen LogP contribution is 1.84. The highest BCUT2D eigenvalue weighted by molar-refractivity contribution is 4.68. The van der Waals surface area contributed by atoms with Gasteiger partial charge in [-0.15, -0.1) is 0 Å². The Morgan fingerprint density at radius 1 is 1.50 bits per heavy atom. The van der Waals surface area contributed by atoms with E-state index >= 15 is 0 Å². The molecule has 0 aromatic rings. The molecule has 2 nitrogen and oxygen atoms in total. The lowest BCUT2D eigenvalue weighted by Gasteiger charge is -2.15. The molecule has 0 fully saturated rings. The van der Waals surface area contributed by atoms with Crippen LogP contribution in [0.25, 0.3) is 0 Å². The molecule has 0 aliphatic carbocycles. The van der Waals surface area contributed by atoms with E-state index < -0.39 is 0 Å². The van der Waals surface area contributed by atoms with Gasteiger partial charge in [0.25, 0.3) is 0 Å². The first-order valence-corrected chi connectivity index (χ1v) is 3.17. The molecular formula is C6H16N2. The third kappa shape index (κ3) is 2.99. The molecule has 0 aliphatic heterocycles. The van der Waals surface area contributed by atoms with Gasteiger partial charge in [-0.25, -0.2) is 0 Å². The lowest BCUT2D eigenvalue weighted by molar-refractivity contribution is 0.491. The van der Waals surface area contributed by atoms with Gasteiger partial charge in [-0.3, -0.25) is 0 Å². The van der Waals surface area contributed by atoms with Crippen molar-refractivity contribution in [2.45, 2.75) is 32.9 Å². The number of rotatable bonds is 3. The summed E-state index contributed by atoms with van der Waals surface area (Å²) in [7, 11) is 0. The van der Waals surface area contributed by atoms with Gasteiger partial charge in [-0.1, -0.05) is 6.92 Å². The normalized spacial score (nSPS) is 18.0. The van der Waals surface area contributed by atoms with Gasteiger partial charge >= 0.3 is 0 Å². The summed E-state index contributed by atoms with van der Waals surface area (Å²) in [4.78, 5) is 0. The van der Waals surface area contributed by atoms with E-state index in [0.29, 0.717) is 6.04 Å². The molecule has 0 saturated heterocycles. The second-order valence-electron chi connectivity index (χ2n) is 2.21. The zero-order chi connectivity index (χ0) is 6.57. The van der Waals surface area contributed by atoms with Crippen molar-refractivity contribution >= 4 is 0 Å². The number of hydrogen-bond acceptors (Lipinski definition) is 2. The predicted octanol–water partition coefficient (Wildman–Crippen LogP) is 0.332. The minimum Gasteiger partial charge on any atom is -0.327 e. The Kier molecular flexibility index (Phi) is 3.83. The van der Waals surface area contributed by atoms with Crippen LogP contribution in [0.5, 0.6) is 0 Å². The van der Waals surface area contributed by atoms with Crippen molar-refractivity contribution in [2.75, 3.05) is 6.54 Å². The topological polar surface area (TPSA) is 38.0 Å². The monoisotopic (exact) mass is 116 g/mol. The predicted molar refractivity (Wildman–Crippen MR) is 36.8 cm³/mol. The SMILES string of the molecule is CCN[C@H](C)[C@H](C)N. The quantitative estimate of drug-likeness (QED) is 0.557. The summed E-state index contributed by atoms with van der Waals surface area (Å²) in [6, 6.07) is 0.704. The van der Waals surface area contributed by atoms with Crippen LogP contribution in [0.15, 0.2) is 0 Å². The van der Waals surface area contributed by atoms with E-state index in [2.05, 4.69) is 19.2 Å². The van der Waals surface area contributed by atoms with Gasteiger partial charge in [0.15, 0.2) is 0 Å². The number of nitrogens with two attached hydrogens (primary N) is 1. The van der Waals surface area contributed by atoms with Crippen molar-refractivity contribution in [1.29, 1.82) is 0 Å². The van der Waals surface area contributed by atoms with E-state index in [1.807, 2.05) is 6.92 Å². The summed E-state index contributed by atoms with van der Waals surface area (Å²) < 4.78 is 0. The van der Waals surface area contributed by atoms with Gasteiger partial charge in [0.05, 0.1) is 0 Å². The lowest BCUT2D eigenvalue weighted by atomic mass is 10.2. The lowest BCUT2D eigenvalue weighted by Crippen LogP contribution is -2.40. The van der Waals surface area contributed by atoms with E-state index in [0.717, 1.165) is 6.54 Å². The van der Waals surface area contributed by atoms with Crippen LogP contribution in [0.4, 0.5) is 0 Å². The summed E-state index contributed by atoms with van der Waals surface area (Å²) >= 11 is 0. The van der Waals surface area contributed by atoms with Gasteiger partial charge in [0, 0.05) is 12.1 Å². The standard InChI is InChI=1S/C6H16N2/c1-4-8-6(3)5(2)7/h5-6,8H,4,7H2,1-3H3/t5-,6+/m0/s1. The summed E-state index contributed by atoms with van der Waals surface area (Å²) in [5, 5.41) is 3.22. The van der Waals surface area contributed by atoms with Crippen LogP contribution in [0, 0.1) is 0 Å². The Bertz CT molecular complexity index is 52.5. The van der Waals surface area contributed by atoms with Crippen molar-refractivity contribution in [3.8, 4) is 0 Å². The second-order valence-corrected chi connectivity index (χ2v) is 2.21. The first kappa shape index (κ1) is 7.92. The molecule has 8 heavy (non-hydrogen) atoms. The molecule has 2 heteroatoms. The van der Waals surface area contributed by atoms with Gasteiger partial charge in [0.2, 0.25) is 0 Å². The van der Waals surface area contributed by atoms with Crippen LogP contribution in [-0.4, -0.2) is 18.6 Å². The van der Waals surface area contributed by atoms with E-state index in [-0.39, 0.29) is 6.04 Å². The Balaban J connectivity index is 3.17. The van der Waals surface area contributed by atoms with Crippen LogP contribution >= 0.6 is 0 Å². The molecule has 0 rings (SSSR count). The molecule has 0 radical (unpaired) electrons. The van der Waals surface area contributed by atoms with Crippen LogP contribution in [0.2, 0.25) is 0 Å².